The number of benzene rings is 1. The van der Waals surface area contributed by atoms with Crippen LogP contribution >= 0.6 is 27.5 Å². The molecule has 0 spiro atoms. The van der Waals surface area contributed by atoms with Gasteiger partial charge in [0.05, 0.1) is 17.3 Å². The molecule has 1 fully saturated rings. The maximum atomic E-state index is 12.2. The minimum atomic E-state index is -0.0243. The van der Waals surface area contributed by atoms with Crippen molar-refractivity contribution in [2.75, 3.05) is 25.0 Å². The molecule has 5 nitrogen and oxygen atoms in total. The molecule has 0 atom stereocenters. The zero-order valence-corrected chi connectivity index (χ0v) is 15.6. The van der Waals surface area contributed by atoms with Gasteiger partial charge in [-0.25, -0.2) is 4.98 Å². The van der Waals surface area contributed by atoms with E-state index < -0.39 is 0 Å². The normalized spacial score (nSPS) is 16.2. The van der Waals surface area contributed by atoms with E-state index in [1.165, 1.54) is 0 Å². The Labute approximate surface area is 154 Å². The summed E-state index contributed by atoms with van der Waals surface area (Å²) in [6.45, 7) is 2.28. The van der Waals surface area contributed by atoms with E-state index in [9.17, 15) is 4.79 Å². The molecule has 0 aliphatic carbocycles. The van der Waals surface area contributed by atoms with Gasteiger partial charge in [0.1, 0.15) is 5.82 Å². The number of likely N-dealkylation sites (tertiary alicyclic amines) is 1. The molecule has 1 aromatic heterocycles. The first-order valence-electron chi connectivity index (χ1n) is 8.05. The Balaban J connectivity index is 1.44. The number of anilines is 1. The van der Waals surface area contributed by atoms with E-state index in [0.717, 1.165) is 42.6 Å². The summed E-state index contributed by atoms with van der Waals surface area (Å²) in [6.07, 6.45) is 6.83. The molecule has 0 bridgehead atoms. The second-order valence-electron chi connectivity index (χ2n) is 6.13. The van der Waals surface area contributed by atoms with Crippen molar-refractivity contribution in [3.63, 3.8) is 0 Å². The molecule has 1 aromatic carbocycles. The molecule has 1 aliphatic rings. The van der Waals surface area contributed by atoms with Crippen molar-refractivity contribution < 1.29 is 4.79 Å². The predicted molar refractivity (Wildman–Crippen MR) is 99.2 cm³/mol. The molecule has 2 aromatic rings. The highest BCUT2D eigenvalue weighted by atomic mass is 79.9. The highest BCUT2D eigenvalue weighted by Gasteiger charge is 2.21. The van der Waals surface area contributed by atoms with Gasteiger partial charge < -0.3 is 10.3 Å². The summed E-state index contributed by atoms with van der Waals surface area (Å²) in [4.78, 5) is 21.9. The minimum Gasteiger partial charge on any atom is -0.349 e. The monoisotopic (exact) mass is 410 g/mol. The van der Waals surface area contributed by atoms with Crippen molar-refractivity contribution in [3.8, 4) is 0 Å². The van der Waals surface area contributed by atoms with Crippen LogP contribution in [0.25, 0.3) is 0 Å². The Morgan fingerprint density at radius 3 is 2.88 bits per heavy atom. The van der Waals surface area contributed by atoms with Gasteiger partial charge in [0.2, 0.25) is 5.91 Å². The second-order valence-corrected chi connectivity index (χ2v) is 7.45. The highest BCUT2D eigenvalue weighted by Crippen LogP contribution is 2.26. The number of nitrogens with one attached hydrogen (secondary N) is 2. The van der Waals surface area contributed by atoms with Crippen LogP contribution in [-0.2, 0) is 11.2 Å². The van der Waals surface area contributed by atoms with Gasteiger partial charge in [-0.3, -0.25) is 9.69 Å². The quantitative estimate of drug-likeness (QED) is 0.788. The zero-order chi connectivity index (χ0) is 16.9. The minimum absolute atomic E-state index is 0.0243. The largest absolute Gasteiger partial charge is 0.349 e. The smallest absolute Gasteiger partial charge is 0.238 e. The van der Waals surface area contributed by atoms with Crippen LogP contribution in [0.1, 0.15) is 18.7 Å². The van der Waals surface area contributed by atoms with Crippen molar-refractivity contribution in [1.29, 1.82) is 0 Å². The standard InChI is InChI=1S/C17H20BrClN4O/c18-13-1-2-15(14(19)10-13)22-17(24)11-23-7-3-12(4-8-23)9-16-20-5-6-21-16/h1-2,5-6,10,12H,3-4,7-9,11H2,(H,20,21)(H,22,24). The summed E-state index contributed by atoms with van der Waals surface area (Å²) >= 11 is 9.49. The van der Waals surface area contributed by atoms with Gasteiger partial charge in [-0.2, -0.15) is 0 Å². The van der Waals surface area contributed by atoms with E-state index in [1.54, 1.807) is 18.3 Å². The van der Waals surface area contributed by atoms with E-state index in [1.807, 2.05) is 12.3 Å². The van der Waals surface area contributed by atoms with Crippen LogP contribution < -0.4 is 5.32 Å². The lowest BCUT2D eigenvalue weighted by Crippen LogP contribution is -2.39. The number of aromatic amines is 1. The SMILES string of the molecule is O=C(CN1CCC(Cc2ncc[nH]2)CC1)Nc1ccc(Br)cc1Cl. The average molecular weight is 412 g/mol. The molecule has 0 saturated carbocycles. The van der Waals surface area contributed by atoms with E-state index in [-0.39, 0.29) is 5.91 Å². The van der Waals surface area contributed by atoms with Crippen molar-refractivity contribution in [2.24, 2.45) is 5.92 Å². The Morgan fingerprint density at radius 1 is 1.42 bits per heavy atom. The Hall–Kier alpha value is -1.37. The Morgan fingerprint density at radius 2 is 2.21 bits per heavy atom. The number of halogens is 2. The summed E-state index contributed by atoms with van der Waals surface area (Å²) in [5, 5.41) is 3.42. The van der Waals surface area contributed by atoms with Crippen LogP contribution in [-0.4, -0.2) is 40.4 Å². The first-order valence-corrected chi connectivity index (χ1v) is 9.23. The predicted octanol–water partition coefficient (Wildman–Crippen LogP) is 3.72. The van der Waals surface area contributed by atoms with Gasteiger partial charge in [0, 0.05) is 23.3 Å². The number of hydrogen-bond acceptors (Lipinski definition) is 3. The third-order valence-corrected chi connectivity index (χ3v) is 5.12. The van der Waals surface area contributed by atoms with Crippen molar-refractivity contribution in [3.05, 3.63) is 45.9 Å². The summed E-state index contributed by atoms with van der Waals surface area (Å²) in [7, 11) is 0. The zero-order valence-electron chi connectivity index (χ0n) is 13.3. The lowest BCUT2D eigenvalue weighted by atomic mass is 9.93. The molecule has 1 aliphatic heterocycles. The summed E-state index contributed by atoms with van der Waals surface area (Å²) in [5.74, 6) is 1.66. The third kappa shape index (κ3) is 4.82. The molecular weight excluding hydrogens is 392 g/mol. The van der Waals surface area contributed by atoms with Crippen LogP contribution in [0.2, 0.25) is 5.02 Å². The van der Waals surface area contributed by atoms with Crippen molar-refractivity contribution in [2.45, 2.75) is 19.3 Å². The first kappa shape index (κ1) is 17.5. The fourth-order valence-electron chi connectivity index (χ4n) is 3.02. The number of H-pyrrole nitrogens is 1. The maximum Gasteiger partial charge on any atom is 0.238 e. The molecule has 3 rings (SSSR count). The van der Waals surface area contributed by atoms with Crippen LogP contribution in [0, 0.1) is 5.92 Å². The molecule has 2 heterocycles. The highest BCUT2D eigenvalue weighted by molar-refractivity contribution is 9.10. The van der Waals surface area contributed by atoms with Gasteiger partial charge >= 0.3 is 0 Å². The molecule has 0 unspecified atom stereocenters. The van der Waals surface area contributed by atoms with Crippen LogP contribution in [0.4, 0.5) is 5.69 Å². The molecule has 1 saturated heterocycles. The van der Waals surface area contributed by atoms with Gasteiger partial charge in [-0.15, -0.1) is 0 Å². The fourth-order valence-corrected chi connectivity index (χ4v) is 3.74. The van der Waals surface area contributed by atoms with Gasteiger partial charge in [-0.1, -0.05) is 27.5 Å². The molecule has 1 amide bonds. The number of rotatable bonds is 5. The number of nitrogens with zero attached hydrogens (tertiary/aromatic N) is 2. The molecule has 7 heteroatoms. The maximum absolute atomic E-state index is 12.2. The summed E-state index contributed by atoms with van der Waals surface area (Å²) in [6, 6.07) is 5.44. The number of imidazole rings is 1. The van der Waals surface area contributed by atoms with E-state index >= 15 is 0 Å². The summed E-state index contributed by atoms with van der Waals surface area (Å²) in [5.41, 5.74) is 0.651. The molecular formula is C17H20BrClN4O. The summed E-state index contributed by atoms with van der Waals surface area (Å²) < 4.78 is 0.893. The molecule has 0 radical (unpaired) electrons. The lowest BCUT2D eigenvalue weighted by molar-refractivity contribution is -0.117. The van der Waals surface area contributed by atoms with E-state index in [0.29, 0.717) is 23.2 Å². The van der Waals surface area contributed by atoms with Gasteiger partial charge in [0.25, 0.3) is 0 Å². The number of amides is 1. The first-order chi connectivity index (χ1) is 11.6. The van der Waals surface area contributed by atoms with Crippen LogP contribution in [0.3, 0.4) is 0 Å². The fraction of sp³-hybridized carbons (Fsp3) is 0.412. The molecule has 24 heavy (non-hydrogen) atoms. The Bertz CT molecular complexity index is 684. The third-order valence-electron chi connectivity index (χ3n) is 4.32. The average Bonchev–Trinajstić information content (AvgIpc) is 3.05. The number of hydrogen-bond donors (Lipinski definition) is 2. The number of piperidine rings is 1. The molecule has 2 N–H and O–H groups in total. The van der Waals surface area contributed by atoms with Gasteiger partial charge in [0.15, 0.2) is 0 Å². The van der Waals surface area contributed by atoms with E-state index in [4.69, 9.17) is 11.6 Å². The van der Waals surface area contributed by atoms with Crippen molar-refractivity contribution >= 4 is 39.1 Å². The molecule has 128 valence electrons. The number of carbonyl (C=O) groups is 1. The van der Waals surface area contributed by atoms with Crippen LogP contribution in [0.15, 0.2) is 35.1 Å². The Kier molecular flexibility index (Phi) is 5.92. The second kappa shape index (κ2) is 8.14. The van der Waals surface area contributed by atoms with Crippen molar-refractivity contribution in [1.82, 2.24) is 14.9 Å². The topological polar surface area (TPSA) is 61.0 Å². The lowest BCUT2D eigenvalue weighted by Gasteiger charge is -2.31. The van der Waals surface area contributed by atoms with Gasteiger partial charge in [-0.05, 0) is 50.0 Å². The number of carbonyl (C=O) groups excluding carboxylic acids is 1. The van der Waals surface area contributed by atoms with Crippen LogP contribution in [0.5, 0.6) is 0 Å². The number of aromatic nitrogens is 2. The van der Waals surface area contributed by atoms with E-state index in [2.05, 4.69) is 36.1 Å².